The highest BCUT2D eigenvalue weighted by molar-refractivity contribution is 9.09. The first kappa shape index (κ1) is 12.3. The zero-order chi connectivity index (χ0) is 8.27. The minimum atomic E-state index is -0.383. The average molecular weight is 302 g/mol. The Labute approximate surface area is 91.9 Å². The predicted molar refractivity (Wildman–Crippen MR) is 58.3 cm³/mol. The normalized spacial score (nSPS) is 17.9. The van der Waals surface area contributed by atoms with Gasteiger partial charge in [0, 0.05) is 24.3 Å². The molecule has 0 aromatic carbocycles. The largest absolute Gasteiger partial charge is 0.374 e. The van der Waals surface area contributed by atoms with Gasteiger partial charge in [-0.3, -0.25) is 0 Å². The van der Waals surface area contributed by atoms with E-state index in [-0.39, 0.29) is 23.2 Å². The van der Waals surface area contributed by atoms with E-state index in [2.05, 4.69) is 20.8 Å². The minimum absolute atomic E-state index is 0. The zero-order valence-electron chi connectivity index (χ0n) is 6.98. The summed E-state index contributed by atoms with van der Waals surface area (Å²) < 4.78 is 0. The summed E-state index contributed by atoms with van der Waals surface area (Å²) in [5.41, 5.74) is 0. The van der Waals surface area contributed by atoms with Crippen molar-refractivity contribution >= 4 is 32.9 Å². The van der Waals surface area contributed by atoms with Crippen molar-refractivity contribution in [3.8, 4) is 0 Å². The Morgan fingerprint density at radius 3 is 2.67 bits per heavy atom. The number of rotatable bonds is 3. The van der Waals surface area contributed by atoms with E-state index in [1.54, 1.807) is 6.92 Å². The summed E-state index contributed by atoms with van der Waals surface area (Å²) >= 11 is 3.36. The third-order valence-electron chi connectivity index (χ3n) is 1.67. The molecule has 5 heteroatoms. The number of nitrogens with zero attached hydrogens (tertiary/aromatic N) is 2. The fraction of sp³-hybridized carbons (Fsp3) is 0.714. The van der Waals surface area contributed by atoms with Crippen molar-refractivity contribution in [1.82, 2.24) is 9.80 Å². The van der Waals surface area contributed by atoms with Gasteiger partial charge in [-0.1, -0.05) is 15.9 Å². The quantitative estimate of drug-likeness (QED) is 0.797. The molecule has 3 nitrogen and oxygen atoms in total. The van der Waals surface area contributed by atoms with Gasteiger partial charge in [0.2, 0.25) is 0 Å². The lowest BCUT2D eigenvalue weighted by Crippen LogP contribution is -2.32. The number of hydrogen-bond donors (Lipinski definition) is 1. The fourth-order valence-electron chi connectivity index (χ4n) is 0.980. The van der Waals surface area contributed by atoms with Crippen LogP contribution in [-0.2, 0) is 0 Å². The molecule has 1 atom stereocenters. The van der Waals surface area contributed by atoms with Gasteiger partial charge in [-0.15, -0.1) is 17.0 Å². The van der Waals surface area contributed by atoms with E-state index in [4.69, 9.17) is 0 Å². The summed E-state index contributed by atoms with van der Waals surface area (Å²) in [4.78, 5) is 4.02. The molecule has 1 aliphatic heterocycles. The second kappa shape index (κ2) is 5.83. The third kappa shape index (κ3) is 3.33. The van der Waals surface area contributed by atoms with Crippen LogP contribution < -0.4 is 0 Å². The Bertz CT molecular complexity index is 152. The molecule has 0 saturated heterocycles. The van der Waals surface area contributed by atoms with Crippen LogP contribution in [0.4, 0.5) is 0 Å². The molecule has 72 valence electrons. The zero-order valence-corrected chi connectivity index (χ0v) is 10.3. The van der Waals surface area contributed by atoms with E-state index in [0.717, 1.165) is 18.5 Å². The van der Waals surface area contributed by atoms with Gasteiger partial charge in [0.15, 0.2) is 0 Å². The van der Waals surface area contributed by atoms with Crippen molar-refractivity contribution in [3.63, 3.8) is 0 Å². The molecule has 12 heavy (non-hydrogen) atoms. The Morgan fingerprint density at radius 2 is 2.25 bits per heavy atom. The number of halogens is 2. The highest BCUT2D eigenvalue weighted by atomic mass is 79.9. The van der Waals surface area contributed by atoms with E-state index >= 15 is 0 Å². The SMILES string of the molecule is Br.CC(O)N1C=CN(CCBr)C1. The van der Waals surface area contributed by atoms with Crippen LogP contribution in [0.3, 0.4) is 0 Å². The van der Waals surface area contributed by atoms with Crippen LogP contribution in [0, 0.1) is 0 Å². The van der Waals surface area contributed by atoms with Crippen LogP contribution >= 0.6 is 32.9 Å². The van der Waals surface area contributed by atoms with E-state index in [9.17, 15) is 5.11 Å². The fourth-order valence-corrected chi connectivity index (χ4v) is 1.44. The summed E-state index contributed by atoms with van der Waals surface area (Å²) in [6.07, 6.45) is 3.52. The smallest absolute Gasteiger partial charge is 0.125 e. The predicted octanol–water partition coefficient (Wildman–Crippen LogP) is 1.34. The Morgan fingerprint density at radius 1 is 1.58 bits per heavy atom. The van der Waals surface area contributed by atoms with Crippen molar-refractivity contribution in [3.05, 3.63) is 12.4 Å². The van der Waals surface area contributed by atoms with E-state index in [1.807, 2.05) is 17.3 Å². The first-order valence-electron chi connectivity index (χ1n) is 3.66. The highest BCUT2D eigenvalue weighted by Gasteiger charge is 2.14. The Hall–Kier alpha value is 0.260. The molecule has 1 rings (SSSR count). The molecule has 0 aromatic rings. The van der Waals surface area contributed by atoms with Crippen molar-refractivity contribution in [1.29, 1.82) is 0 Å². The van der Waals surface area contributed by atoms with Gasteiger partial charge in [-0.2, -0.15) is 0 Å². The third-order valence-corrected chi connectivity index (χ3v) is 2.02. The van der Waals surface area contributed by atoms with Gasteiger partial charge in [0.1, 0.15) is 6.23 Å². The second-order valence-corrected chi connectivity index (χ2v) is 3.38. The molecular formula is C7H14Br2N2O. The summed E-state index contributed by atoms with van der Waals surface area (Å²) in [6.45, 7) is 3.55. The molecule has 0 aromatic heterocycles. The average Bonchev–Trinajstić information content (AvgIpc) is 2.37. The lowest BCUT2D eigenvalue weighted by molar-refractivity contribution is 0.0420. The van der Waals surface area contributed by atoms with Crippen LogP contribution in [0.15, 0.2) is 12.4 Å². The molecule has 1 N–H and O–H groups in total. The number of aliphatic hydroxyl groups excluding tert-OH is 1. The molecule has 1 aliphatic rings. The molecule has 1 heterocycles. The van der Waals surface area contributed by atoms with Gasteiger partial charge < -0.3 is 14.9 Å². The maximum atomic E-state index is 9.17. The summed E-state index contributed by atoms with van der Waals surface area (Å²) in [6, 6.07) is 0. The van der Waals surface area contributed by atoms with Gasteiger partial charge in [-0.05, 0) is 6.92 Å². The van der Waals surface area contributed by atoms with Gasteiger partial charge >= 0.3 is 0 Å². The highest BCUT2D eigenvalue weighted by Crippen LogP contribution is 2.08. The van der Waals surface area contributed by atoms with Crippen LogP contribution in [0.5, 0.6) is 0 Å². The molecule has 1 unspecified atom stereocenters. The molecule has 0 fully saturated rings. The summed E-state index contributed by atoms with van der Waals surface area (Å²) in [7, 11) is 0. The van der Waals surface area contributed by atoms with Crippen LogP contribution in [-0.4, -0.2) is 39.7 Å². The van der Waals surface area contributed by atoms with Crippen molar-refractivity contribution in [2.45, 2.75) is 13.2 Å². The van der Waals surface area contributed by atoms with Gasteiger partial charge in [0.05, 0.1) is 6.67 Å². The van der Waals surface area contributed by atoms with Gasteiger partial charge in [-0.25, -0.2) is 0 Å². The Kier molecular flexibility index (Phi) is 5.96. The van der Waals surface area contributed by atoms with E-state index in [1.165, 1.54) is 0 Å². The second-order valence-electron chi connectivity index (χ2n) is 2.59. The molecule has 0 amide bonds. The van der Waals surface area contributed by atoms with Crippen molar-refractivity contribution in [2.75, 3.05) is 18.5 Å². The van der Waals surface area contributed by atoms with Gasteiger partial charge in [0.25, 0.3) is 0 Å². The number of aliphatic hydroxyl groups is 1. The molecule has 0 aliphatic carbocycles. The standard InChI is InChI=1S/C7H13BrN2O.BrH/c1-7(11)10-5-4-9(6-10)3-2-8;/h4-5,7,11H,2-3,6H2,1H3;1H. The molecule has 0 radical (unpaired) electrons. The maximum Gasteiger partial charge on any atom is 0.125 e. The first-order valence-corrected chi connectivity index (χ1v) is 4.78. The molecular weight excluding hydrogens is 288 g/mol. The summed E-state index contributed by atoms with van der Waals surface area (Å²) in [5, 5.41) is 10.1. The van der Waals surface area contributed by atoms with E-state index in [0.29, 0.717) is 0 Å². The van der Waals surface area contributed by atoms with Crippen molar-refractivity contribution in [2.24, 2.45) is 0 Å². The van der Waals surface area contributed by atoms with E-state index < -0.39 is 0 Å². The number of hydrogen-bond acceptors (Lipinski definition) is 3. The van der Waals surface area contributed by atoms with Crippen LogP contribution in [0.1, 0.15) is 6.92 Å². The lowest BCUT2D eigenvalue weighted by atomic mass is 10.6. The first-order chi connectivity index (χ1) is 5.24. The Balaban J connectivity index is 0.00000121. The lowest BCUT2D eigenvalue weighted by Gasteiger charge is -2.22. The minimum Gasteiger partial charge on any atom is -0.374 e. The molecule has 0 saturated carbocycles. The topological polar surface area (TPSA) is 26.7 Å². The van der Waals surface area contributed by atoms with Crippen molar-refractivity contribution < 1.29 is 5.11 Å². The van der Waals surface area contributed by atoms with Crippen LogP contribution in [0.25, 0.3) is 0 Å². The molecule has 0 spiro atoms. The molecule has 0 bridgehead atoms. The maximum absolute atomic E-state index is 9.17. The van der Waals surface area contributed by atoms with Crippen LogP contribution in [0.2, 0.25) is 0 Å². The monoisotopic (exact) mass is 300 g/mol. The number of alkyl halides is 1. The summed E-state index contributed by atoms with van der Waals surface area (Å²) in [5.74, 6) is 0.